The van der Waals surface area contributed by atoms with Crippen LogP contribution in [0.5, 0.6) is 0 Å². The summed E-state index contributed by atoms with van der Waals surface area (Å²) in [6.45, 7) is 11.4. The fraction of sp³-hybridized carbons (Fsp3) is 0.588. The number of thiazole rings is 1. The molecule has 2 aliphatic heterocycles. The third-order valence-corrected chi connectivity index (χ3v) is 9.97. The molecule has 1 N–H and O–H groups in total. The number of benzene rings is 1. The van der Waals surface area contributed by atoms with Crippen molar-refractivity contribution >= 4 is 58.2 Å². The highest BCUT2D eigenvalue weighted by Gasteiger charge is 2.51. The van der Waals surface area contributed by atoms with Crippen molar-refractivity contribution in [3.05, 3.63) is 55.5 Å². The average molecular weight is 708 g/mol. The maximum atomic E-state index is 15.0. The lowest BCUT2D eigenvalue weighted by Crippen LogP contribution is -2.66. The zero-order valence-electron chi connectivity index (χ0n) is 27.8. The van der Waals surface area contributed by atoms with Crippen molar-refractivity contribution in [2.24, 2.45) is 0 Å². The minimum Gasteiger partial charge on any atom is -0.444 e. The zero-order chi connectivity index (χ0) is 34.3. The summed E-state index contributed by atoms with van der Waals surface area (Å²) >= 11 is 14.4. The summed E-state index contributed by atoms with van der Waals surface area (Å²) in [6.07, 6.45) is 2.10. The number of carbonyl (C=O) groups is 3. The van der Waals surface area contributed by atoms with Crippen molar-refractivity contribution in [2.45, 2.75) is 110 Å². The quantitative estimate of drug-likeness (QED) is 0.316. The van der Waals surface area contributed by atoms with Crippen LogP contribution in [0.3, 0.4) is 0 Å². The highest BCUT2D eigenvalue weighted by atomic mass is 35.5. The highest BCUT2D eigenvalue weighted by Crippen LogP contribution is 2.43. The second-order valence-corrected chi connectivity index (χ2v) is 16.0. The van der Waals surface area contributed by atoms with Gasteiger partial charge in [-0.25, -0.2) is 14.6 Å². The molecule has 256 valence electrons. The SMILES string of the molecule is CC(C)(C)OC(=O)N1CC2CC(c3nc(CCCO)cs3)=C(C(=O)N(Cc3cccc(Cl)c3Cl)C3CC3)[C@@H](C1)N2C(=O)OC(C)(C)C. The summed E-state index contributed by atoms with van der Waals surface area (Å²) in [4.78, 5) is 52.3. The summed E-state index contributed by atoms with van der Waals surface area (Å²) in [5, 5.41) is 12.8. The molecule has 1 unspecified atom stereocenters. The Morgan fingerprint density at radius 2 is 1.72 bits per heavy atom. The standard InChI is InChI=1S/C34H44Cl2N4O6S/c1-33(2,3)45-31(43)38-17-23-15-24(29-37-21(19-47-29)10-8-14-41)27(26(18-38)40(23)32(44)46-34(4,5)6)30(42)39(22-12-13-22)16-20-9-7-11-25(35)28(20)36/h7,9,11,19,22-23,26,41H,8,10,12-18H2,1-6H3/t23?,26-/m1/s1. The number of aliphatic hydroxyl groups excluding tert-OH is 1. The molecule has 2 atom stereocenters. The van der Waals surface area contributed by atoms with Crippen LogP contribution in [-0.4, -0.2) is 91.9 Å². The molecular weight excluding hydrogens is 663 g/mol. The molecule has 1 aromatic heterocycles. The Bertz CT molecular complexity index is 1540. The number of hydrogen-bond acceptors (Lipinski definition) is 8. The number of nitrogens with zero attached hydrogens (tertiary/aromatic N) is 4. The molecule has 10 nitrogen and oxygen atoms in total. The van der Waals surface area contributed by atoms with Gasteiger partial charge in [-0.3, -0.25) is 9.69 Å². The molecule has 2 bridgehead atoms. The number of piperazine rings is 1. The normalized spacial score (nSPS) is 19.9. The lowest BCUT2D eigenvalue weighted by Gasteiger charge is -2.50. The molecule has 3 amide bonds. The maximum absolute atomic E-state index is 15.0. The third-order valence-electron chi connectivity index (χ3n) is 8.16. The van der Waals surface area contributed by atoms with Gasteiger partial charge in [0.05, 0.1) is 27.8 Å². The number of halogens is 2. The smallest absolute Gasteiger partial charge is 0.411 e. The van der Waals surface area contributed by atoms with Gasteiger partial charge in [-0.05, 0) is 85.3 Å². The molecule has 3 aliphatic rings. The van der Waals surface area contributed by atoms with E-state index in [-0.39, 0.29) is 38.2 Å². The molecule has 13 heteroatoms. The molecular formula is C34H44Cl2N4O6S. The second-order valence-electron chi connectivity index (χ2n) is 14.4. The van der Waals surface area contributed by atoms with Gasteiger partial charge in [0, 0.05) is 48.8 Å². The summed E-state index contributed by atoms with van der Waals surface area (Å²) < 4.78 is 11.6. The van der Waals surface area contributed by atoms with Gasteiger partial charge < -0.3 is 24.4 Å². The molecule has 0 spiro atoms. The van der Waals surface area contributed by atoms with Crippen LogP contribution in [0.15, 0.2) is 29.2 Å². The monoisotopic (exact) mass is 706 g/mol. The van der Waals surface area contributed by atoms with Crippen molar-refractivity contribution in [3.63, 3.8) is 0 Å². The zero-order valence-corrected chi connectivity index (χ0v) is 30.2. The third kappa shape index (κ3) is 8.42. The molecule has 0 radical (unpaired) electrons. The fourth-order valence-corrected chi connectivity index (χ4v) is 7.33. The number of amides is 3. The van der Waals surface area contributed by atoms with E-state index in [9.17, 15) is 14.7 Å². The summed E-state index contributed by atoms with van der Waals surface area (Å²) in [5.41, 5.74) is 1.23. The molecule has 1 saturated carbocycles. The van der Waals surface area contributed by atoms with E-state index in [0.29, 0.717) is 39.9 Å². The Morgan fingerprint density at radius 3 is 2.36 bits per heavy atom. The molecule has 1 aliphatic carbocycles. The topological polar surface area (TPSA) is 113 Å². The number of ether oxygens (including phenoxy) is 2. The summed E-state index contributed by atoms with van der Waals surface area (Å²) in [6, 6.07) is 4.07. The summed E-state index contributed by atoms with van der Waals surface area (Å²) in [5.74, 6) is -0.242. The first kappa shape index (κ1) is 35.4. The van der Waals surface area contributed by atoms with Gasteiger partial charge >= 0.3 is 12.2 Å². The van der Waals surface area contributed by atoms with Crippen LogP contribution in [-0.2, 0) is 27.2 Å². The van der Waals surface area contributed by atoms with Crippen LogP contribution in [0, 0.1) is 0 Å². The predicted molar refractivity (Wildman–Crippen MR) is 183 cm³/mol. The van der Waals surface area contributed by atoms with E-state index in [2.05, 4.69) is 0 Å². The number of hydrogen-bond donors (Lipinski definition) is 1. The van der Waals surface area contributed by atoms with Gasteiger partial charge in [-0.15, -0.1) is 11.3 Å². The van der Waals surface area contributed by atoms with Gasteiger partial charge in [0.1, 0.15) is 16.2 Å². The first-order valence-corrected chi connectivity index (χ1v) is 17.7. The average Bonchev–Trinajstić information content (AvgIpc) is 3.70. The lowest BCUT2D eigenvalue weighted by molar-refractivity contribution is -0.129. The predicted octanol–water partition coefficient (Wildman–Crippen LogP) is 6.95. The van der Waals surface area contributed by atoms with E-state index in [0.717, 1.165) is 29.7 Å². The Morgan fingerprint density at radius 1 is 1.04 bits per heavy atom. The number of rotatable bonds is 8. The number of aliphatic hydroxyl groups is 1. The van der Waals surface area contributed by atoms with Crippen LogP contribution in [0.4, 0.5) is 9.59 Å². The second kappa shape index (κ2) is 13.9. The minimum absolute atomic E-state index is 0.0130. The van der Waals surface area contributed by atoms with E-state index in [1.807, 2.05) is 22.4 Å². The minimum atomic E-state index is -0.812. The first-order valence-electron chi connectivity index (χ1n) is 16.1. The molecule has 1 aromatic carbocycles. The van der Waals surface area contributed by atoms with Gasteiger partial charge in [0.15, 0.2) is 0 Å². The van der Waals surface area contributed by atoms with Crippen molar-refractivity contribution in [1.82, 2.24) is 19.7 Å². The lowest BCUT2D eigenvalue weighted by atomic mass is 9.84. The number of fused-ring (bicyclic) bond motifs is 2. The van der Waals surface area contributed by atoms with Crippen LogP contribution in [0.25, 0.3) is 5.57 Å². The van der Waals surface area contributed by atoms with E-state index < -0.39 is 35.5 Å². The Balaban J connectivity index is 1.63. The van der Waals surface area contributed by atoms with E-state index in [1.165, 1.54) is 11.3 Å². The molecule has 47 heavy (non-hydrogen) atoms. The van der Waals surface area contributed by atoms with Crippen LogP contribution in [0.1, 0.15) is 83.5 Å². The first-order chi connectivity index (χ1) is 22.1. The molecule has 2 fully saturated rings. The van der Waals surface area contributed by atoms with Crippen LogP contribution in [0.2, 0.25) is 10.0 Å². The van der Waals surface area contributed by atoms with Crippen molar-refractivity contribution in [1.29, 1.82) is 0 Å². The van der Waals surface area contributed by atoms with Gasteiger partial charge in [-0.1, -0.05) is 35.3 Å². The number of aromatic nitrogens is 1. The number of carbonyl (C=O) groups excluding carboxylic acids is 3. The van der Waals surface area contributed by atoms with Gasteiger partial charge in [-0.2, -0.15) is 0 Å². The maximum Gasteiger partial charge on any atom is 0.411 e. The van der Waals surface area contributed by atoms with Gasteiger partial charge in [0.2, 0.25) is 0 Å². The van der Waals surface area contributed by atoms with Crippen molar-refractivity contribution in [2.75, 3.05) is 19.7 Å². The Kier molecular flexibility index (Phi) is 10.5. The highest BCUT2D eigenvalue weighted by molar-refractivity contribution is 7.10. The molecule has 5 rings (SSSR count). The van der Waals surface area contributed by atoms with Gasteiger partial charge in [0.25, 0.3) is 5.91 Å². The van der Waals surface area contributed by atoms with Crippen molar-refractivity contribution < 1.29 is 29.0 Å². The van der Waals surface area contributed by atoms with Crippen LogP contribution < -0.4 is 0 Å². The van der Waals surface area contributed by atoms with E-state index in [4.69, 9.17) is 37.7 Å². The van der Waals surface area contributed by atoms with Crippen molar-refractivity contribution in [3.8, 4) is 0 Å². The fourth-order valence-electron chi connectivity index (χ4n) is 6.03. The largest absolute Gasteiger partial charge is 0.444 e. The van der Waals surface area contributed by atoms with Crippen LogP contribution >= 0.6 is 34.5 Å². The summed E-state index contributed by atoms with van der Waals surface area (Å²) in [7, 11) is 0. The Hall–Kier alpha value is -2.86. The number of aryl methyl sites for hydroxylation is 1. The molecule has 3 heterocycles. The molecule has 2 aromatic rings. The van der Waals surface area contributed by atoms with E-state index in [1.54, 1.807) is 57.4 Å². The van der Waals surface area contributed by atoms with E-state index >= 15 is 4.79 Å². The Labute approximate surface area is 290 Å². The molecule has 1 saturated heterocycles.